The van der Waals surface area contributed by atoms with E-state index in [1.165, 1.54) is 111 Å². The van der Waals surface area contributed by atoms with Crippen LogP contribution in [-0.4, -0.2) is 0 Å². The number of benzene rings is 11. The van der Waals surface area contributed by atoms with Crippen LogP contribution in [0.1, 0.15) is 49.9 Å². The highest BCUT2D eigenvalue weighted by molar-refractivity contribution is 5.96. The van der Waals surface area contributed by atoms with Gasteiger partial charge in [-0.25, -0.2) is 0 Å². The summed E-state index contributed by atoms with van der Waals surface area (Å²) in [6, 6.07) is 96.3. The van der Waals surface area contributed by atoms with Crippen molar-refractivity contribution in [1.82, 2.24) is 0 Å². The number of nitrogens with zero attached hydrogens (tertiary/aromatic N) is 1. The van der Waals surface area contributed by atoms with Crippen LogP contribution < -0.4 is 4.90 Å². The summed E-state index contributed by atoms with van der Waals surface area (Å²) in [5.41, 5.74) is 28.6. The van der Waals surface area contributed by atoms with Gasteiger partial charge in [-0.15, -0.1) is 0 Å². The lowest BCUT2D eigenvalue weighted by Gasteiger charge is -2.27. The van der Waals surface area contributed by atoms with Crippen molar-refractivity contribution in [2.75, 3.05) is 4.90 Å². The highest BCUT2D eigenvalue weighted by Gasteiger charge is 2.43. The standard InChI is InChI=1S/C72H55N/c1-71(2)67-23-15-14-22-62(67)64-46-69-65(47-68(64)71)66-45-58(44-63(70(66)72(69,3)4)57-30-28-52(29-31-57)49-18-10-6-11-19-49)56-36-42-61(43-37-56)73(59-38-32-54(33-39-59)50-20-12-7-13-21-50)60-40-34-55(35-41-60)53-26-24-51(25-27-53)48-16-8-5-9-17-48/h5-47H,1-4H3. The number of hydrogen-bond acceptors (Lipinski definition) is 1. The molecule has 11 aromatic rings. The summed E-state index contributed by atoms with van der Waals surface area (Å²) >= 11 is 0. The molecule has 0 fully saturated rings. The zero-order valence-corrected chi connectivity index (χ0v) is 41.8. The second-order valence-corrected chi connectivity index (χ2v) is 20.9. The molecule has 1 nitrogen and oxygen atoms in total. The van der Waals surface area contributed by atoms with E-state index in [4.69, 9.17) is 0 Å². The van der Waals surface area contributed by atoms with Crippen molar-refractivity contribution in [1.29, 1.82) is 0 Å². The minimum atomic E-state index is -0.227. The maximum Gasteiger partial charge on any atom is 0.0462 e. The maximum atomic E-state index is 2.54. The molecule has 0 unspecified atom stereocenters. The molecule has 0 saturated heterocycles. The average molecular weight is 934 g/mol. The molecule has 0 aliphatic heterocycles. The van der Waals surface area contributed by atoms with Gasteiger partial charge in [0, 0.05) is 27.9 Å². The summed E-state index contributed by atoms with van der Waals surface area (Å²) in [5.74, 6) is 0. The second kappa shape index (κ2) is 17.5. The van der Waals surface area contributed by atoms with Crippen LogP contribution in [0.3, 0.4) is 0 Å². The lowest BCUT2D eigenvalue weighted by atomic mass is 9.77. The summed E-state index contributed by atoms with van der Waals surface area (Å²) in [7, 11) is 0. The van der Waals surface area contributed by atoms with E-state index in [9.17, 15) is 0 Å². The van der Waals surface area contributed by atoms with E-state index in [-0.39, 0.29) is 10.8 Å². The van der Waals surface area contributed by atoms with E-state index in [1.54, 1.807) is 0 Å². The second-order valence-electron chi connectivity index (χ2n) is 20.9. The monoisotopic (exact) mass is 933 g/mol. The molecule has 1 heteroatoms. The largest absolute Gasteiger partial charge is 0.311 e. The fourth-order valence-electron chi connectivity index (χ4n) is 12.0. The van der Waals surface area contributed by atoms with Gasteiger partial charge in [0.25, 0.3) is 0 Å². The zero-order valence-electron chi connectivity index (χ0n) is 41.8. The predicted molar refractivity (Wildman–Crippen MR) is 309 cm³/mol. The van der Waals surface area contributed by atoms with Gasteiger partial charge in [0.15, 0.2) is 0 Å². The van der Waals surface area contributed by atoms with E-state index in [0.29, 0.717) is 0 Å². The van der Waals surface area contributed by atoms with Crippen molar-refractivity contribution < 1.29 is 0 Å². The van der Waals surface area contributed by atoms with Gasteiger partial charge in [-0.3, -0.25) is 0 Å². The van der Waals surface area contributed by atoms with Crippen LogP contribution >= 0.6 is 0 Å². The molecule has 73 heavy (non-hydrogen) atoms. The third-order valence-electron chi connectivity index (χ3n) is 15.9. The van der Waals surface area contributed by atoms with Crippen molar-refractivity contribution in [3.05, 3.63) is 283 Å². The van der Waals surface area contributed by atoms with Crippen LogP contribution in [0.25, 0.3) is 89.0 Å². The van der Waals surface area contributed by atoms with E-state index in [0.717, 1.165) is 17.1 Å². The first-order valence-corrected chi connectivity index (χ1v) is 25.6. The highest BCUT2D eigenvalue weighted by Crippen LogP contribution is 2.58. The topological polar surface area (TPSA) is 3.24 Å². The molecular weight excluding hydrogens is 879 g/mol. The Morgan fingerprint density at radius 2 is 0.534 bits per heavy atom. The minimum Gasteiger partial charge on any atom is -0.311 e. The van der Waals surface area contributed by atoms with Crippen molar-refractivity contribution >= 4 is 17.1 Å². The third-order valence-corrected chi connectivity index (χ3v) is 15.9. The Bertz CT molecular complexity index is 3810. The van der Waals surface area contributed by atoms with Crippen LogP contribution in [0.15, 0.2) is 261 Å². The maximum absolute atomic E-state index is 2.54. The smallest absolute Gasteiger partial charge is 0.0462 e. The summed E-state index contributed by atoms with van der Waals surface area (Å²) in [4.78, 5) is 2.38. The molecular formula is C72H55N. The fraction of sp³-hybridized carbons (Fsp3) is 0.0833. The Morgan fingerprint density at radius 1 is 0.219 bits per heavy atom. The molecule has 0 spiro atoms. The molecule has 0 atom stereocenters. The lowest BCUT2D eigenvalue weighted by molar-refractivity contribution is 0.653. The third kappa shape index (κ3) is 7.63. The zero-order chi connectivity index (χ0) is 49.3. The van der Waals surface area contributed by atoms with Crippen LogP contribution in [0.5, 0.6) is 0 Å². The molecule has 0 bridgehead atoms. The average Bonchev–Trinajstić information content (AvgIpc) is 3.82. The first-order chi connectivity index (χ1) is 35.7. The minimum absolute atomic E-state index is 0.0976. The summed E-state index contributed by atoms with van der Waals surface area (Å²) in [6.45, 7) is 9.65. The van der Waals surface area contributed by atoms with Crippen molar-refractivity contribution in [2.24, 2.45) is 0 Å². The first-order valence-electron chi connectivity index (χ1n) is 25.6. The Kier molecular flexibility index (Phi) is 10.6. The number of fused-ring (bicyclic) bond motifs is 6. The Hall–Kier alpha value is -8.78. The molecule has 2 aliphatic carbocycles. The van der Waals surface area contributed by atoms with Gasteiger partial charge in [-0.2, -0.15) is 0 Å². The van der Waals surface area contributed by atoms with E-state index in [2.05, 4.69) is 293 Å². The first kappa shape index (κ1) is 44.2. The van der Waals surface area contributed by atoms with Crippen LogP contribution in [0.2, 0.25) is 0 Å². The summed E-state index contributed by atoms with van der Waals surface area (Å²) in [5, 5.41) is 0. The molecule has 0 amide bonds. The molecule has 0 saturated carbocycles. The molecule has 13 rings (SSSR count). The van der Waals surface area contributed by atoms with Gasteiger partial charge >= 0.3 is 0 Å². The van der Waals surface area contributed by atoms with E-state index < -0.39 is 0 Å². The molecule has 0 aromatic heterocycles. The van der Waals surface area contributed by atoms with Crippen molar-refractivity contribution in [3.63, 3.8) is 0 Å². The van der Waals surface area contributed by atoms with Crippen LogP contribution in [0, 0.1) is 0 Å². The Balaban J connectivity index is 0.911. The molecule has 2 aliphatic rings. The molecule has 11 aromatic carbocycles. The van der Waals surface area contributed by atoms with Crippen LogP contribution in [-0.2, 0) is 10.8 Å². The molecule has 0 heterocycles. The van der Waals surface area contributed by atoms with Gasteiger partial charge in [0.05, 0.1) is 0 Å². The van der Waals surface area contributed by atoms with E-state index in [1.807, 2.05) is 0 Å². The fourth-order valence-corrected chi connectivity index (χ4v) is 12.0. The lowest BCUT2D eigenvalue weighted by Crippen LogP contribution is -2.17. The van der Waals surface area contributed by atoms with Gasteiger partial charge in [0.2, 0.25) is 0 Å². The predicted octanol–water partition coefficient (Wildman–Crippen LogP) is 19.8. The van der Waals surface area contributed by atoms with Gasteiger partial charge in [0.1, 0.15) is 0 Å². The molecule has 0 radical (unpaired) electrons. The molecule has 0 N–H and O–H groups in total. The molecule has 348 valence electrons. The Morgan fingerprint density at radius 3 is 0.973 bits per heavy atom. The quantitative estimate of drug-likeness (QED) is 0.139. The van der Waals surface area contributed by atoms with Crippen molar-refractivity contribution in [2.45, 2.75) is 38.5 Å². The van der Waals surface area contributed by atoms with E-state index >= 15 is 0 Å². The van der Waals surface area contributed by atoms with Crippen molar-refractivity contribution in [3.8, 4) is 89.0 Å². The van der Waals surface area contributed by atoms with Crippen LogP contribution in [0.4, 0.5) is 17.1 Å². The highest BCUT2D eigenvalue weighted by atomic mass is 15.1. The van der Waals surface area contributed by atoms with Gasteiger partial charge < -0.3 is 4.90 Å². The number of hydrogen-bond donors (Lipinski definition) is 0. The summed E-state index contributed by atoms with van der Waals surface area (Å²) in [6.07, 6.45) is 0. The summed E-state index contributed by atoms with van der Waals surface area (Å²) < 4.78 is 0. The SMILES string of the molecule is CC1(C)c2ccccc2-c2cc3c(cc21)-c1cc(-c2ccc(N(c4ccc(-c5ccccc5)cc4)c4ccc(-c5ccc(-c6ccccc6)cc5)cc4)cc2)cc(-c2ccc(-c4ccccc4)cc2)c1C3(C)C. The Labute approximate surface area is 430 Å². The number of anilines is 3. The van der Waals surface area contributed by atoms with Gasteiger partial charge in [-0.05, 0) is 172 Å². The van der Waals surface area contributed by atoms with Gasteiger partial charge in [-0.1, -0.05) is 228 Å². The number of rotatable bonds is 9. The normalized spacial score (nSPS) is 13.4.